The molecule has 168 valence electrons. The lowest BCUT2D eigenvalue weighted by molar-refractivity contribution is 1.23. The molecule has 0 saturated carbocycles. The van der Waals surface area contributed by atoms with Crippen LogP contribution in [0.1, 0.15) is 76.2 Å². The third-order valence-electron chi connectivity index (χ3n) is 2.42. The van der Waals surface area contributed by atoms with Gasteiger partial charge in [-0.1, -0.05) is 103 Å². The van der Waals surface area contributed by atoms with Crippen molar-refractivity contribution in [3.63, 3.8) is 0 Å². The number of hydrogen-bond donors (Lipinski definition) is 0. The zero-order valence-corrected chi connectivity index (χ0v) is 21.8. The molecule has 0 nitrogen and oxygen atoms in total. The summed E-state index contributed by atoms with van der Waals surface area (Å²) in [6, 6.07) is 0. The highest BCUT2D eigenvalue weighted by Gasteiger charge is 1.75. The van der Waals surface area contributed by atoms with E-state index in [2.05, 4.69) is 87.1 Å². The first-order valence-electron chi connectivity index (χ1n) is 9.82. The van der Waals surface area contributed by atoms with E-state index in [1.807, 2.05) is 46.8 Å². The molecule has 0 amide bonds. The highest BCUT2D eigenvalue weighted by atomic mass is 13.8. The van der Waals surface area contributed by atoms with Crippen molar-refractivity contribution >= 4 is 0 Å². The molecule has 0 heterocycles. The smallest absolute Gasteiger partial charge is 0.0404 e. The summed E-state index contributed by atoms with van der Waals surface area (Å²) < 4.78 is 0. The van der Waals surface area contributed by atoms with E-state index in [1.54, 1.807) is 24.3 Å². The average molecular weight is 401 g/mol. The van der Waals surface area contributed by atoms with Crippen LogP contribution in [0.3, 0.4) is 0 Å². The van der Waals surface area contributed by atoms with Crippen molar-refractivity contribution in [2.24, 2.45) is 0 Å². The lowest BCUT2D eigenvalue weighted by atomic mass is 10.2. The summed E-state index contributed by atoms with van der Waals surface area (Å²) in [6.07, 6.45) is 12.7. The lowest BCUT2D eigenvalue weighted by Crippen LogP contribution is -1.66. The molecule has 0 fully saturated rings. The molecule has 0 spiro atoms. The van der Waals surface area contributed by atoms with E-state index in [0.717, 1.165) is 5.57 Å². The summed E-state index contributed by atoms with van der Waals surface area (Å²) in [5, 5.41) is 0. The Balaban J connectivity index is -0.0000000550. The zero-order chi connectivity index (χ0) is 24.8. The third-order valence-corrected chi connectivity index (χ3v) is 2.42. The van der Waals surface area contributed by atoms with E-state index in [0.29, 0.717) is 0 Å². The molecule has 0 unspecified atom stereocenters. The Morgan fingerprint density at radius 1 is 0.586 bits per heavy atom. The van der Waals surface area contributed by atoms with Gasteiger partial charge in [0.1, 0.15) is 0 Å². The van der Waals surface area contributed by atoms with Gasteiger partial charge in [-0.05, 0) is 76.2 Å². The van der Waals surface area contributed by atoms with Crippen molar-refractivity contribution in [2.45, 2.75) is 76.2 Å². The molecule has 0 aromatic heterocycles. The van der Waals surface area contributed by atoms with E-state index in [1.165, 1.54) is 22.3 Å². The van der Waals surface area contributed by atoms with Gasteiger partial charge in [0.15, 0.2) is 0 Å². The summed E-state index contributed by atoms with van der Waals surface area (Å²) in [5.41, 5.74) is 6.42. The first-order chi connectivity index (χ1) is 13.2. The number of hydrogen-bond acceptors (Lipinski definition) is 0. The fourth-order valence-corrected chi connectivity index (χ4v) is 0.136. The number of rotatable bonds is 3. The van der Waals surface area contributed by atoms with Gasteiger partial charge in [-0.25, -0.2) is 0 Å². The van der Waals surface area contributed by atoms with Gasteiger partial charge in [-0.2, -0.15) is 0 Å². The quantitative estimate of drug-likeness (QED) is 0.326. The predicted octanol–water partition coefficient (Wildman–Crippen LogP) is 10.8. The van der Waals surface area contributed by atoms with Crippen LogP contribution in [-0.4, -0.2) is 0 Å². The van der Waals surface area contributed by atoms with Crippen molar-refractivity contribution in [3.05, 3.63) is 110 Å². The van der Waals surface area contributed by atoms with Crippen LogP contribution in [0.25, 0.3) is 0 Å². The van der Waals surface area contributed by atoms with E-state index in [-0.39, 0.29) is 0 Å². The second kappa shape index (κ2) is 40.4. The minimum Gasteiger partial charge on any atom is -0.100 e. The molecule has 0 aromatic rings. The van der Waals surface area contributed by atoms with E-state index in [4.69, 9.17) is 0 Å². The second-order valence-electron chi connectivity index (χ2n) is 6.86. The van der Waals surface area contributed by atoms with Gasteiger partial charge in [0.25, 0.3) is 0 Å². The maximum Gasteiger partial charge on any atom is -0.0404 e. The first-order valence-corrected chi connectivity index (χ1v) is 9.82. The standard InChI is InChI=1S/C6H12.C5H10.2C5H8.C4H8.C4H6/c1-5(2)6(3)4;2*1-4-5(2)3;1-3-5-4-2;1-4(2)3;1-3-4-2/h1-4H3;4H,1-3H3;4H,1-2H2,3H3;3-5H,1H2,2H3;1H2,2-3H3;3-4H,1-2H2/b;;;5-4+;;. The monoisotopic (exact) mass is 400 g/mol. The highest BCUT2D eigenvalue weighted by Crippen LogP contribution is 1.97. The summed E-state index contributed by atoms with van der Waals surface area (Å²) in [6.45, 7) is 43.3. The SMILES string of the molecule is C=C(C)C.C=C/C=C/C.C=CC(=C)C.C=CC=C.CC(C)=C(C)C.CC=C(C)C. The first kappa shape index (κ1) is 41.1. The largest absolute Gasteiger partial charge is 0.100 e. The Hall–Kier alpha value is -2.34. The molecule has 0 bridgehead atoms. The summed E-state index contributed by atoms with van der Waals surface area (Å²) in [5.74, 6) is 0. The van der Waals surface area contributed by atoms with Gasteiger partial charge in [-0.3, -0.25) is 0 Å². The van der Waals surface area contributed by atoms with Crippen molar-refractivity contribution in [3.8, 4) is 0 Å². The van der Waals surface area contributed by atoms with Crippen molar-refractivity contribution < 1.29 is 0 Å². The lowest BCUT2D eigenvalue weighted by Gasteiger charge is -1.88. The van der Waals surface area contributed by atoms with Crippen molar-refractivity contribution in [1.82, 2.24) is 0 Å². The Labute approximate surface area is 186 Å². The van der Waals surface area contributed by atoms with Crippen LogP contribution in [0.4, 0.5) is 0 Å². The molecule has 0 N–H and O–H groups in total. The minimum atomic E-state index is 1.02. The Morgan fingerprint density at radius 2 is 0.828 bits per heavy atom. The molecule has 0 atom stereocenters. The maximum absolute atomic E-state index is 3.56. The fourth-order valence-electron chi connectivity index (χ4n) is 0.136. The van der Waals surface area contributed by atoms with E-state index < -0.39 is 0 Å². The Bertz CT molecular complexity index is 470. The third kappa shape index (κ3) is 192. The van der Waals surface area contributed by atoms with Crippen molar-refractivity contribution in [2.75, 3.05) is 0 Å². The molecule has 0 aliphatic heterocycles. The van der Waals surface area contributed by atoms with Crippen LogP contribution in [0, 0.1) is 0 Å². The summed E-state index contributed by atoms with van der Waals surface area (Å²) in [4.78, 5) is 0. The molecular weight excluding hydrogens is 348 g/mol. The molecule has 0 aliphatic rings. The van der Waals surface area contributed by atoms with Crippen LogP contribution in [0.5, 0.6) is 0 Å². The van der Waals surface area contributed by atoms with Crippen LogP contribution in [0.15, 0.2) is 110 Å². The molecule has 0 saturated heterocycles. The molecule has 0 rings (SSSR count). The summed E-state index contributed by atoms with van der Waals surface area (Å²) >= 11 is 0. The number of allylic oxidation sites excluding steroid dienone is 12. The van der Waals surface area contributed by atoms with Gasteiger partial charge in [-0.15, -0.1) is 6.58 Å². The Morgan fingerprint density at radius 3 is 0.828 bits per heavy atom. The maximum atomic E-state index is 3.56. The molecular formula is C29H52. The van der Waals surface area contributed by atoms with Crippen LogP contribution < -0.4 is 0 Å². The molecule has 0 aromatic carbocycles. The van der Waals surface area contributed by atoms with Crippen molar-refractivity contribution in [1.29, 1.82) is 0 Å². The van der Waals surface area contributed by atoms with Gasteiger partial charge in [0.2, 0.25) is 0 Å². The predicted molar refractivity (Wildman–Crippen MR) is 146 cm³/mol. The molecule has 0 aliphatic carbocycles. The van der Waals surface area contributed by atoms with Gasteiger partial charge in [0, 0.05) is 0 Å². The van der Waals surface area contributed by atoms with Gasteiger partial charge >= 0.3 is 0 Å². The zero-order valence-electron chi connectivity index (χ0n) is 21.8. The fraction of sp³-hybridized carbons (Fsp3) is 0.379. The van der Waals surface area contributed by atoms with Crippen LogP contribution >= 0.6 is 0 Å². The van der Waals surface area contributed by atoms with Gasteiger partial charge < -0.3 is 0 Å². The highest BCUT2D eigenvalue weighted by molar-refractivity contribution is 5.06. The second-order valence-corrected chi connectivity index (χ2v) is 6.86. The topological polar surface area (TPSA) is 0 Å². The average Bonchev–Trinajstić information content (AvgIpc) is 2.63. The summed E-state index contributed by atoms with van der Waals surface area (Å²) in [7, 11) is 0. The normalized spacial score (nSPS) is 7.14. The molecule has 0 heteroatoms. The Kier molecular flexibility index (Phi) is 57.3. The van der Waals surface area contributed by atoms with Crippen LogP contribution in [-0.2, 0) is 0 Å². The van der Waals surface area contributed by atoms with Gasteiger partial charge in [0.05, 0.1) is 0 Å². The molecule has 29 heavy (non-hydrogen) atoms. The van der Waals surface area contributed by atoms with Crippen LogP contribution in [0.2, 0.25) is 0 Å². The van der Waals surface area contributed by atoms with E-state index in [9.17, 15) is 0 Å². The molecule has 0 radical (unpaired) electrons. The minimum absolute atomic E-state index is 1.02. The van der Waals surface area contributed by atoms with E-state index >= 15 is 0 Å².